The molecule has 0 bridgehead atoms. The van der Waals surface area contributed by atoms with E-state index in [0.29, 0.717) is 5.82 Å². The summed E-state index contributed by atoms with van der Waals surface area (Å²) >= 11 is 0. The molecule has 1 heterocycles. The summed E-state index contributed by atoms with van der Waals surface area (Å²) in [7, 11) is 5.66. The number of rotatable bonds is 1. The molecule has 2 radical (unpaired) electrons. The highest BCUT2D eigenvalue weighted by atomic mass is 14.9. The molecule has 0 aliphatic carbocycles. The fourth-order valence-electron chi connectivity index (χ4n) is 1.13. The Hall–Kier alpha value is 0.0249. The Bertz CT molecular complexity index is 66.9. The van der Waals surface area contributed by atoms with Crippen LogP contribution in [0.25, 0.3) is 0 Å². The van der Waals surface area contributed by atoms with Crippen molar-refractivity contribution in [2.75, 3.05) is 13.1 Å². The van der Waals surface area contributed by atoms with Crippen LogP contribution in [0.3, 0.4) is 0 Å². The van der Waals surface area contributed by atoms with E-state index < -0.39 is 0 Å². The first kappa shape index (κ1) is 6.15. The highest BCUT2D eigenvalue weighted by molar-refractivity contribution is 6.11. The monoisotopic (exact) mass is 109 g/mol. The maximum Gasteiger partial charge on any atom is 0.0700 e. The van der Waals surface area contributed by atoms with Crippen molar-refractivity contribution < 1.29 is 0 Å². The van der Waals surface area contributed by atoms with E-state index in [4.69, 9.17) is 7.85 Å². The third-order valence-corrected chi connectivity index (χ3v) is 1.84. The summed E-state index contributed by atoms with van der Waals surface area (Å²) in [5.74, 6) is 1.11. The van der Waals surface area contributed by atoms with Crippen LogP contribution in [0.4, 0.5) is 0 Å². The zero-order chi connectivity index (χ0) is 5.98. The molecule has 0 aromatic carbocycles. The second-order valence-corrected chi connectivity index (χ2v) is 2.61. The lowest BCUT2D eigenvalue weighted by atomic mass is 9.78. The van der Waals surface area contributed by atoms with E-state index in [9.17, 15) is 0 Å². The summed E-state index contributed by atoms with van der Waals surface area (Å²) in [5.41, 5.74) is 0. The van der Waals surface area contributed by atoms with Gasteiger partial charge in [0.05, 0.1) is 7.85 Å². The predicted molar refractivity (Wildman–Crippen MR) is 36.2 cm³/mol. The molecule has 0 saturated carbocycles. The standard InChI is InChI=1S/C6H12BN/c1-5(7)6-2-3-8-4-6/h5-6,8H,2-4H2,1H3. The molecule has 2 unspecified atom stereocenters. The Morgan fingerprint density at radius 2 is 2.50 bits per heavy atom. The van der Waals surface area contributed by atoms with Crippen LogP contribution in [-0.2, 0) is 0 Å². The normalized spacial score (nSPS) is 32.9. The smallest absolute Gasteiger partial charge is 0.0700 e. The molecule has 1 saturated heterocycles. The number of hydrogen-bond donors (Lipinski definition) is 1. The average molecular weight is 109 g/mol. The zero-order valence-corrected chi connectivity index (χ0v) is 5.35. The van der Waals surface area contributed by atoms with Gasteiger partial charge in [0.15, 0.2) is 0 Å². The molecule has 1 N–H and O–H groups in total. The molecule has 1 rings (SSSR count). The maximum absolute atomic E-state index is 5.66. The first-order valence-corrected chi connectivity index (χ1v) is 3.27. The van der Waals surface area contributed by atoms with E-state index in [1.165, 1.54) is 6.42 Å². The Kier molecular flexibility index (Phi) is 1.95. The molecule has 2 heteroatoms. The third kappa shape index (κ3) is 1.25. The second kappa shape index (κ2) is 2.54. The van der Waals surface area contributed by atoms with Crippen LogP contribution in [-0.4, -0.2) is 20.9 Å². The van der Waals surface area contributed by atoms with E-state index in [-0.39, 0.29) is 0 Å². The third-order valence-electron chi connectivity index (χ3n) is 1.84. The van der Waals surface area contributed by atoms with Gasteiger partial charge in [-0.3, -0.25) is 0 Å². The first-order chi connectivity index (χ1) is 3.80. The molecular formula is C6H12BN. The molecule has 1 aliphatic heterocycles. The fourth-order valence-corrected chi connectivity index (χ4v) is 1.13. The summed E-state index contributed by atoms with van der Waals surface area (Å²) < 4.78 is 0. The Morgan fingerprint density at radius 3 is 2.75 bits per heavy atom. The van der Waals surface area contributed by atoms with Crippen LogP contribution >= 0.6 is 0 Å². The minimum absolute atomic E-state index is 0.380. The summed E-state index contributed by atoms with van der Waals surface area (Å²) in [4.78, 5) is 0. The number of hydrogen-bond acceptors (Lipinski definition) is 1. The van der Waals surface area contributed by atoms with Crippen molar-refractivity contribution in [2.24, 2.45) is 5.92 Å². The van der Waals surface area contributed by atoms with E-state index in [1.807, 2.05) is 0 Å². The lowest BCUT2D eigenvalue weighted by Gasteiger charge is -2.11. The highest BCUT2D eigenvalue weighted by Gasteiger charge is 2.16. The van der Waals surface area contributed by atoms with Gasteiger partial charge >= 0.3 is 0 Å². The van der Waals surface area contributed by atoms with Gasteiger partial charge in [-0.2, -0.15) is 0 Å². The summed E-state index contributed by atoms with van der Waals surface area (Å²) in [6.45, 7) is 4.36. The van der Waals surface area contributed by atoms with Crippen LogP contribution in [0.1, 0.15) is 13.3 Å². The van der Waals surface area contributed by atoms with Gasteiger partial charge in [-0.05, 0) is 25.4 Å². The molecule has 0 aromatic rings. The number of nitrogens with one attached hydrogen (secondary N) is 1. The molecule has 0 amide bonds. The van der Waals surface area contributed by atoms with Crippen molar-refractivity contribution >= 4 is 7.85 Å². The molecule has 1 aliphatic rings. The van der Waals surface area contributed by atoms with Gasteiger partial charge in [0.25, 0.3) is 0 Å². The SMILES string of the molecule is [B]C(C)C1CCNC1. The Balaban J connectivity index is 2.24. The minimum Gasteiger partial charge on any atom is -0.316 e. The molecule has 0 aromatic heterocycles. The molecule has 1 nitrogen and oxygen atoms in total. The molecule has 1 fully saturated rings. The van der Waals surface area contributed by atoms with Crippen LogP contribution in [0.2, 0.25) is 5.82 Å². The summed E-state index contributed by atoms with van der Waals surface area (Å²) in [6, 6.07) is 0. The topological polar surface area (TPSA) is 12.0 Å². The van der Waals surface area contributed by atoms with Crippen LogP contribution < -0.4 is 5.32 Å². The van der Waals surface area contributed by atoms with E-state index in [1.54, 1.807) is 0 Å². The van der Waals surface area contributed by atoms with Gasteiger partial charge in [0.1, 0.15) is 0 Å². The van der Waals surface area contributed by atoms with Gasteiger partial charge in [0, 0.05) is 0 Å². The van der Waals surface area contributed by atoms with Gasteiger partial charge < -0.3 is 5.32 Å². The van der Waals surface area contributed by atoms with E-state index in [2.05, 4.69) is 12.2 Å². The van der Waals surface area contributed by atoms with Crippen molar-refractivity contribution in [1.82, 2.24) is 5.32 Å². The maximum atomic E-state index is 5.66. The van der Waals surface area contributed by atoms with Crippen LogP contribution in [0.5, 0.6) is 0 Å². The first-order valence-electron chi connectivity index (χ1n) is 3.27. The average Bonchev–Trinajstić information content (AvgIpc) is 2.12. The van der Waals surface area contributed by atoms with E-state index in [0.717, 1.165) is 19.0 Å². The van der Waals surface area contributed by atoms with Gasteiger partial charge in [-0.1, -0.05) is 12.7 Å². The zero-order valence-electron chi connectivity index (χ0n) is 5.35. The van der Waals surface area contributed by atoms with E-state index >= 15 is 0 Å². The molecular weight excluding hydrogens is 96.9 g/mol. The van der Waals surface area contributed by atoms with Gasteiger partial charge in [-0.25, -0.2) is 0 Å². The quantitative estimate of drug-likeness (QED) is 0.485. The van der Waals surface area contributed by atoms with Crippen molar-refractivity contribution in [3.05, 3.63) is 0 Å². The highest BCUT2D eigenvalue weighted by Crippen LogP contribution is 2.19. The lowest BCUT2D eigenvalue weighted by molar-refractivity contribution is 0.562. The van der Waals surface area contributed by atoms with Crippen molar-refractivity contribution in [2.45, 2.75) is 19.2 Å². The van der Waals surface area contributed by atoms with Crippen molar-refractivity contribution in [3.8, 4) is 0 Å². The van der Waals surface area contributed by atoms with Crippen molar-refractivity contribution in [1.29, 1.82) is 0 Å². The largest absolute Gasteiger partial charge is 0.316 e. The minimum atomic E-state index is 0.380. The van der Waals surface area contributed by atoms with Crippen molar-refractivity contribution in [3.63, 3.8) is 0 Å². The second-order valence-electron chi connectivity index (χ2n) is 2.61. The molecule has 0 spiro atoms. The summed E-state index contributed by atoms with van der Waals surface area (Å²) in [5, 5.41) is 3.27. The van der Waals surface area contributed by atoms with Crippen LogP contribution in [0.15, 0.2) is 0 Å². The molecule has 8 heavy (non-hydrogen) atoms. The van der Waals surface area contributed by atoms with Gasteiger partial charge in [-0.15, -0.1) is 0 Å². The molecule has 2 atom stereocenters. The van der Waals surface area contributed by atoms with Crippen LogP contribution in [0, 0.1) is 5.92 Å². The molecule has 44 valence electrons. The Labute approximate surface area is 52.3 Å². The Morgan fingerprint density at radius 1 is 1.75 bits per heavy atom. The van der Waals surface area contributed by atoms with Gasteiger partial charge in [0.2, 0.25) is 0 Å². The lowest BCUT2D eigenvalue weighted by Crippen LogP contribution is -2.11. The fraction of sp³-hybridized carbons (Fsp3) is 1.00. The predicted octanol–water partition coefficient (Wildman–Crippen LogP) is 0.573. The summed E-state index contributed by atoms with van der Waals surface area (Å²) in [6.07, 6.45) is 1.26.